The molecule has 0 radical (unpaired) electrons. The lowest BCUT2D eigenvalue weighted by Gasteiger charge is -2.15. The van der Waals surface area contributed by atoms with Crippen LogP contribution in [0, 0.1) is 6.92 Å². The molecule has 1 atom stereocenters. The molecule has 0 spiro atoms. The zero-order valence-corrected chi connectivity index (χ0v) is 9.67. The van der Waals surface area contributed by atoms with Crippen LogP contribution in [-0.4, -0.2) is 11.7 Å². The summed E-state index contributed by atoms with van der Waals surface area (Å²) in [6, 6.07) is 5.89. The Kier molecular flexibility index (Phi) is 3.92. The molecule has 2 N–H and O–H groups in total. The van der Waals surface area contributed by atoms with Gasteiger partial charge >= 0.3 is 0 Å². The number of benzene rings is 1. The van der Waals surface area contributed by atoms with Gasteiger partial charge in [-0.1, -0.05) is 24.3 Å². The van der Waals surface area contributed by atoms with Gasteiger partial charge in [-0.05, 0) is 32.4 Å². The molecule has 0 saturated heterocycles. The van der Waals surface area contributed by atoms with Crippen LogP contribution in [0.25, 0.3) is 0 Å². The van der Waals surface area contributed by atoms with Gasteiger partial charge < -0.3 is 10.4 Å². The summed E-state index contributed by atoms with van der Waals surface area (Å²) in [5.41, 5.74) is 3.10. The summed E-state index contributed by atoms with van der Waals surface area (Å²) in [6.07, 6.45) is 0. The van der Waals surface area contributed by atoms with Crippen LogP contribution in [0.4, 0.5) is 0 Å². The predicted molar refractivity (Wildman–Crippen MR) is 64.1 cm³/mol. The van der Waals surface area contributed by atoms with Crippen LogP contribution < -0.4 is 5.32 Å². The lowest BCUT2D eigenvalue weighted by Crippen LogP contribution is -2.20. The van der Waals surface area contributed by atoms with E-state index in [4.69, 9.17) is 0 Å². The van der Waals surface area contributed by atoms with Crippen molar-refractivity contribution in [2.75, 3.05) is 6.54 Å². The van der Waals surface area contributed by atoms with Crippen LogP contribution in [0.2, 0.25) is 0 Å². The summed E-state index contributed by atoms with van der Waals surface area (Å²) >= 11 is 0. The van der Waals surface area contributed by atoms with Crippen LogP contribution in [0.1, 0.15) is 31.0 Å². The maximum absolute atomic E-state index is 9.76. The summed E-state index contributed by atoms with van der Waals surface area (Å²) in [5, 5.41) is 13.1. The standard InChI is InChI=1S/C13H19NO/c1-9(2)8-14-11(4)12-6-5-10(3)7-13(12)15/h5-7,11,14-15H,1,8H2,2-4H3. The number of aromatic hydroxyl groups is 1. The zero-order valence-electron chi connectivity index (χ0n) is 9.67. The van der Waals surface area contributed by atoms with E-state index in [0.29, 0.717) is 5.75 Å². The first-order valence-corrected chi connectivity index (χ1v) is 5.18. The van der Waals surface area contributed by atoms with Crippen LogP contribution in [0.5, 0.6) is 5.75 Å². The smallest absolute Gasteiger partial charge is 0.120 e. The molecule has 0 aliphatic carbocycles. The predicted octanol–water partition coefficient (Wildman–Crippen LogP) is 2.93. The first kappa shape index (κ1) is 11.8. The molecule has 0 heterocycles. The zero-order chi connectivity index (χ0) is 11.4. The molecule has 0 fully saturated rings. The largest absolute Gasteiger partial charge is 0.508 e. The second-order valence-electron chi connectivity index (χ2n) is 4.12. The first-order chi connectivity index (χ1) is 7.00. The van der Waals surface area contributed by atoms with Gasteiger partial charge in [-0.25, -0.2) is 0 Å². The topological polar surface area (TPSA) is 32.3 Å². The Balaban J connectivity index is 2.73. The van der Waals surface area contributed by atoms with Gasteiger partial charge in [0, 0.05) is 18.2 Å². The van der Waals surface area contributed by atoms with Crippen molar-refractivity contribution < 1.29 is 5.11 Å². The highest BCUT2D eigenvalue weighted by molar-refractivity contribution is 5.37. The number of hydrogen-bond acceptors (Lipinski definition) is 2. The summed E-state index contributed by atoms with van der Waals surface area (Å²) in [5.74, 6) is 0.358. The Morgan fingerprint density at radius 3 is 2.73 bits per heavy atom. The molecule has 0 saturated carbocycles. The van der Waals surface area contributed by atoms with Crippen molar-refractivity contribution in [1.82, 2.24) is 5.32 Å². The molecule has 1 rings (SSSR count). The van der Waals surface area contributed by atoms with Crippen molar-refractivity contribution in [3.63, 3.8) is 0 Å². The van der Waals surface area contributed by atoms with E-state index in [2.05, 4.69) is 11.9 Å². The molecular weight excluding hydrogens is 186 g/mol. The third kappa shape index (κ3) is 3.40. The monoisotopic (exact) mass is 205 g/mol. The molecule has 82 valence electrons. The summed E-state index contributed by atoms with van der Waals surface area (Å²) in [7, 11) is 0. The second-order valence-corrected chi connectivity index (χ2v) is 4.12. The fourth-order valence-electron chi connectivity index (χ4n) is 1.46. The molecule has 0 bridgehead atoms. The lowest BCUT2D eigenvalue weighted by molar-refractivity contribution is 0.455. The third-order valence-electron chi connectivity index (χ3n) is 2.36. The maximum atomic E-state index is 9.76. The minimum atomic E-state index is 0.141. The van der Waals surface area contributed by atoms with Crippen molar-refractivity contribution in [2.24, 2.45) is 0 Å². The summed E-state index contributed by atoms with van der Waals surface area (Å²) in [6.45, 7) is 10.6. The van der Waals surface area contributed by atoms with Crippen molar-refractivity contribution >= 4 is 0 Å². The number of phenols is 1. The molecule has 2 nitrogen and oxygen atoms in total. The van der Waals surface area contributed by atoms with Gasteiger partial charge in [-0.3, -0.25) is 0 Å². The van der Waals surface area contributed by atoms with Gasteiger partial charge in [0.25, 0.3) is 0 Å². The van der Waals surface area contributed by atoms with Gasteiger partial charge in [0.05, 0.1) is 0 Å². The van der Waals surface area contributed by atoms with E-state index in [9.17, 15) is 5.11 Å². The molecule has 1 unspecified atom stereocenters. The van der Waals surface area contributed by atoms with Crippen molar-refractivity contribution in [1.29, 1.82) is 0 Å². The van der Waals surface area contributed by atoms with Gasteiger partial charge in [0.1, 0.15) is 5.75 Å². The van der Waals surface area contributed by atoms with Crippen LogP contribution in [0.15, 0.2) is 30.4 Å². The third-order valence-corrected chi connectivity index (χ3v) is 2.36. The minimum Gasteiger partial charge on any atom is -0.508 e. The fraction of sp³-hybridized carbons (Fsp3) is 0.385. The average molecular weight is 205 g/mol. The van der Waals surface area contributed by atoms with E-state index in [0.717, 1.165) is 23.2 Å². The van der Waals surface area contributed by atoms with Gasteiger partial charge in [-0.2, -0.15) is 0 Å². The number of hydrogen-bond donors (Lipinski definition) is 2. The molecule has 0 aliphatic heterocycles. The maximum Gasteiger partial charge on any atom is 0.120 e. The summed E-state index contributed by atoms with van der Waals surface area (Å²) < 4.78 is 0. The molecule has 2 heteroatoms. The van der Waals surface area contributed by atoms with Crippen molar-refractivity contribution in [3.05, 3.63) is 41.5 Å². The second kappa shape index (κ2) is 4.99. The highest BCUT2D eigenvalue weighted by Gasteiger charge is 2.09. The molecule has 1 aromatic rings. The van der Waals surface area contributed by atoms with Crippen LogP contribution in [-0.2, 0) is 0 Å². The molecule has 15 heavy (non-hydrogen) atoms. The van der Waals surface area contributed by atoms with Crippen molar-refractivity contribution in [2.45, 2.75) is 26.8 Å². The first-order valence-electron chi connectivity index (χ1n) is 5.18. The van der Waals surface area contributed by atoms with Gasteiger partial charge in [0.2, 0.25) is 0 Å². The SMILES string of the molecule is C=C(C)CNC(C)c1ccc(C)cc1O. The quantitative estimate of drug-likeness (QED) is 0.741. The van der Waals surface area contributed by atoms with Gasteiger partial charge in [0.15, 0.2) is 0 Å². The van der Waals surface area contributed by atoms with E-state index in [1.54, 1.807) is 6.07 Å². The molecular formula is C13H19NO. The Hall–Kier alpha value is -1.28. The average Bonchev–Trinajstić information content (AvgIpc) is 2.14. The highest BCUT2D eigenvalue weighted by Crippen LogP contribution is 2.24. The Labute approximate surface area is 91.6 Å². The Morgan fingerprint density at radius 2 is 2.20 bits per heavy atom. The number of nitrogens with one attached hydrogen (secondary N) is 1. The minimum absolute atomic E-state index is 0.141. The molecule has 0 aromatic heterocycles. The van der Waals surface area contributed by atoms with Crippen molar-refractivity contribution in [3.8, 4) is 5.75 Å². The normalized spacial score (nSPS) is 12.5. The van der Waals surface area contributed by atoms with E-state index in [1.165, 1.54) is 0 Å². The Bertz CT molecular complexity index is 358. The number of rotatable bonds is 4. The van der Waals surface area contributed by atoms with E-state index < -0.39 is 0 Å². The molecule has 0 aliphatic rings. The number of aryl methyl sites for hydroxylation is 1. The van der Waals surface area contributed by atoms with E-state index >= 15 is 0 Å². The van der Waals surface area contributed by atoms with E-state index in [-0.39, 0.29) is 6.04 Å². The van der Waals surface area contributed by atoms with E-state index in [1.807, 2.05) is 32.9 Å². The highest BCUT2D eigenvalue weighted by atomic mass is 16.3. The fourth-order valence-corrected chi connectivity index (χ4v) is 1.46. The molecule has 1 aromatic carbocycles. The van der Waals surface area contributed by atoms with Crippen LogP contribution in [0.3, 0.4) is 0 Å². The van der Waals surface area contributed by atoms with Crippen LogP contribution >= 0.6 is 0 Å². The Morgan fingerprint density at radius 1 is 1.53 bits per heavy atom. The summed E-state index contributed by atoms with van der Waals surface area (Å²) in [4.78, 5) is 0. The van der Waals surface area contributed by atoms with Gasteiger partial charge in [-0.15, -0.1) is 0 Å². The lowest BCUT2D eigenvalue weighted by atomic mass is 10.0. The molecule has 0 amide bonds. The number of phenolic OH excluding ortho intramolecular Hbond substituents is 1.